The molecule has 19 heavy (non-hydrogen) atoms. The second-order valence-electron chi connectivity index (χ2n) is 3.64. The molecule has 2 heterocycles. The molecular formula is C10H20N4O5. The molecule has 9 nitrogen and oxygen atoms in total. The van der Waals surface area contributed by atoms with Gasteiger partial charge in [0.05, 0.1) is 6.61 Å². The van der Waals surface area contributed by atoms with E-state index >= 15 is 0 Å². The maximum atomic E-state index is 10.8. The van der Waals surface area contributed by atoms with Gasteiger partial charge in [0.25, 0.3) is 5.91 Å². The third-order valence-corrected chi connectivity index (χ3v) is 2.51. The van der Waals surface area contributed by atoms with Crippen LogP contribution in [0.15, 0.2) is 6.33 Å². The van der Waals surface area contributed by atoms with Crippen LogP contribution in [-0.4, -0.2) is 60.9 Å². The van der Waals surface area contributed by atoms with Crippen LogP contribution in [0.1, 0.15) is 31.7 Å². The lowest BCUT2D eigenvalue weighted by molar-refractivity contribution is -0.0588. The normalized spacial score (nSPS) is 29.4. The Hall–Kier alpha value is -1.55. The molecule has 0 bridgehead atoms. The first-order chi connectivity index (χ1) is 8.04. The highest BCUT2D eigenvalue weighted by Crippen LogP contribution is 2.28. The van der Waals surface area contributed by atoms with E-state index in [4.69, 9.17) is 15.6 Å². The number of primary amides is 1. The Morgan fingerprint density at radius 1 is 1.42 bits per heavy atom. The van der Waals surface area contributed by atoms with Crippen molar-refractivity contribution in [2.24, 2.45) is 5.73 Å². The number of hydrogen-bond donors (Lipinski definition) is 4. The largest absolute Gasteiger partial charge is 0.394 e. The molecule has 1 fully saturated rings. The molecule has 1 aromatic rings. The van der Waals surface area contributed by atoms with Gasteiger partial charge in [0.15, 0.2) is 6.23 Å². The standard InChI is InChI=1S/C8H12N4O5.2CH4/c9-6(16)7-10-2-12(11-7)8-5(15)4(14)3(1-13)17-8;;/h2-5,8,13-15H,1H2,(H2,9,16);2*1H4/t3?,4-,5-,8?;;/m0../s1. The molecule has 5 N–H and O–H groups in total. The number of nitrogens with two attached hydrogens (primary N) is 1. The van der Waals surface area contributed by atoms with E-state index in [0.29, 0.717) is 0 Å². The fraction of sp³-hybridized carbons (Fsp3) is 0.700. The maximum Gasteiger partial charge on any atom is 0.288 e. The molecule has 9 heteroatoms. The number of amides is 1. The summed E-state index contributed by atoms with van der Waals surface area (Å²) in [5, 5.41) is 31.8. The maximum absolute atomic E-state index is 10.8. The van der Waals surface area contributed by atoms with E-state index in [9.17, 15) is 15.0 Å². The Balaban J connectivity index is 0.00000162. The molecule has 1 saturated heterocycles. The molecule has 1 aliphatic rings. The first-order valence-electron chi connectivity index (χ1n) is 4.88. The van der Waals surface area contributed by atoms with Crippen molar-refractivity contribution in [2.45, 2.75) is 39.4 Å². The van der Waals surface area contributed by atoms with Gasteiger partial charge in [-0.1, -0.05) is 14.9 Å². The third-order valence-electron chi connectivity index (χ3n) is 2.51. The van der Waals surface area contributed by atoms with Crippen LogP contribution in [0.3, 0.4) is 0 Å². The van der Waals surface area contributed by atoms with Gasteiger partial charge in [-0.25, -0.2) is 9.67 Å². The smallest absolute Gasteiger partial charge is 0.288 e. The summed E-state index contributed by atoms with van der Waals surface area (Å²) in [7, 11) is 0. The van der Waals surface area contributed by atoms with Gasteiger partial charge in [-0.15, -0.1) is 5.10 Å². The molecule has 1 amide bonds. The molecule has 0 saturated carbocycles. The lowest BCUT2D eigenvalue weighted by Gasteiger charge is -2.13. The number of aliphatic hydroxyl groups excluding tert-OH is 3. The summed E-state index contributed by atoms with van der Waals surface area (Å²) >= 11 is 0. The average molecular weight is 276 g/mol. The molecule has 0 aromatic carbocycles. The third kappa shape index (κ3) is 3.07. The Morgan fingerprint density at radius 2 is 2.05 bits per heavy atom. The summed E-state index contributed by atoms with van der Waals surface area (Å²) < 4.78 is 6.25. The van der Waals surface area contributed by atoms with Crippen molar-refractivity contribution < 1.29 is 24.9 Å². The minimum atomic E-state index is -1.27. The SMILES string of the molecule is C.C.NC(=O)c1ncn(C2OC(CO)[C@H](O)[C@@H]2O)n1. The van der Waals surface area contributed by atoms with E-state index < -0.39 is 37.1 Å². The summed E-state index contributed by atoms with van der Waals surface area (Å²) in [6, 6.07) is 0. The van der Waals surface area contributed by atoms with Crippen LogP contribution in [0.2, 0.25) is 0 Å². The van der Waals surface area contributed by atoms with Gasteiger partial charge in [-0.2, -0.15) is 0 Å². The fourth-order valence-electron chi connectivity index (χ4n) is 1.61. The van der Waals surface area contributed by atoms with Crippen LogP contribution < -0.4 is 5.73 Å². The van der Waals surface area contributed by atoms with Crippen LogP contribution in [0, 0.1) is 0 Å². The number of aromatic nitrogens is 3. The van der Waals surface area contributed by atoms with Crippen molar-refractivity contribution in [3.05, 3.63) is 12.2 Å². The minimum Gasteiger partial charge on any atom is -0.394 e. The van der Waals surface area contributed by atoms with E-state index in [1.54, 1.807) is 0 Å². The zero-order chi connectivity index (χ0) is 12.6. The van der Waals surface area contributed by atoms with Crippen molar-refractivity contribution in [3.63, 3.8) is 0 Å². The monoisotopic (exact) mass is 276 g/mol. The van der Waals surface area contributed by atoms with E-state index in [1.165, 1.54) is 0 Å². The molecule has 2 rings (SSSR count). The van der Waals surface area contributed by atoms with E-state index in [0.717, 1.165) is 11.0 Å². The van der Waals surface area contributed by atoms with Gasteiger partial charge < -0.3 is 25.8 Å². The topological polar surface area (TPSA) is 144 Å². The Morgan fingerprint density at radius 3 is 2.47 bits per heavy atom. The van der Waals surface area contributed by atoms with E-state index in [1.807, 2.05) is 0 Å². The summed E-state index contributed by atoms with van der Waals surface area (Å²) in [4.78, 5) is 14.4. The molecule has 0 aliphatic carbocycles. The Labute approximate surface area is 110 Å². The molecule has 110 valence electrons. The summed E-state index contributed by atoms with van der Waals surface area (Å²) in [6.07, 6.45) is -3.26. The minimum absolute atomic E-state index is 0. The van der Waals surface area contributed by atoms with Gasteiger partial charge in [-0.3, -0.25) is 4.79 Å². The molecule has 0 radical (unpaired) electrons. The van der Waals surface area contributed by atoms with Gasteiger partial charge in [-0.05, 0) is 0 Å². The predicted octanol–water partition coefficient (Wildman–Crippen LogP) is -1.74. The van der Waals surface area contributed by atoms with Crippen LogP contribution in [-0.2, 0) is 4.74 Å². The predicted molar refractivity (Wildman–Crippen MR) is 65.0 cm³/mol. The van der Waals surface area contributed by atoms with Crippen molar-refractivity contribution in [1.82, 2.24) is 14.8 Å². The van der Waals surface area contributed by atoms with Crippen LogP contribution in [0.5, 0.6) is 0 Å². The Kier molecular flexibility index (Phi) is 6.03. The van der Waals surface area contributed by atoms with Crippen LogP contribution in [0.4, 0.5) is 0 Å². The van der Waals surface area contributed by atoms with Gasteiger partial charge >= 0.3 is 0 Å². The quantitative estimate of drug-likeness (QED) is 0.513. The molecule has 1 aromatic heterocycles. The number of ether oxygens (including phenoxy) is 1. The van der Waals surface area contributed by atoms with E-state index in [2.05, 4.69) is 10.1 Å². The zero-order valence-corrected chi connectivity index (χ0v) is 8.67. The van der Waals surface area contributed by atoms with Crippen molar-refractivity contribution >= 4 is 5.91 Å². The number of carbonyl (C=O) groups is 1. The molecule has 0 spiro atoms. The molecule has 1 aliphatic heterocycles. The molecule has 4 atom stereocenters. The lowest BCUT2D eigenvalue weighted by atomic mass is 10.1. The van der Waals surface area contributed by atoms with Crippen LogP contribution >= 0.6 is 0 Å². The first kappa shape index (κ1) is 17.4. The highest BCUT2D eigenvalue weighted by molar-refractivity contribution is 5.88. The molecule has 2 unspecified atom stereocenters. The van der Waals surface area contributed by atoms with Crippen LogP contribution in [0.25, 0.3) is 0 Å². The Bertz CT molecular complexity index is 424. The second kappa shape index (κ2) is 6.57. The van der Waals surface area contributed by atoms with Crippen molar-refractivity contribution in [1.29, 1.82) is 0 Å². The number of rotatable bonds is 3. The summed E-state index contributed by atoms with van der Waals surface area (Å²) in [5.41, 5.74) is 4.97. The van der Waals surface area contributed by atoms with Gasteiger partial charge in [0.1, 0.15) is 24.6 Å². The van der Waals surface area contributed by atoms with Gasteiger partial charge in [0, 0.05) is 0 Å². The van der Waals surface area contributed by atoms with Crippen molar-refractivity contribution in [3.8, 4) is 0 Å². The number of carbonyl (C=O) groups excluding carboxylic acids is 1. The second-order valence-corrected chi connectivity index (χ2v) is 3.64. The number of hydrogen-bond acceptors (Lipinski definition) is 7. The molecular weight excluding hydrogens is 256 g/mol. The summed E-state index contributed by atoms with van der Waals surface area (Å²) in [5.74, 6) is -1.03. The summed E-state index contributed by atoms with van der Waals surface area (Å²) in [6.45, 7) is -0.438. The first-order valence-corrected chi connectivity index (χ1v) is 4.88. The van der Waals surface area contributed by atoms with Gasteiger partial charge in [0.2, 0.25) is 5.82 Å². The van der Waals surface area contributed by atoms with E-state index in [-0.39, 0.29) is 20.7 Å². The van der Waals surface area contributed by atoms with Crippen molar-refractivity contribution in [2.75, 3.05) is 6.61 Å². The average Bonchev–Trinajstić information content (AvgIpc) is 2.87. The lowest BCUT2D eigenvalue weighted by Crippen LogP contribution is -2.33. The number of aliphatic hydroxyl groups is 3. The highest BCUT2D eigenvalue weighted by atomic mass is 16.6. The zero-order valence-electron chi connectivity index (χ0n) is 8.67. The highest BCUT2D eigenvalue weighted by Gasteiger charge is 2.43. The fourth-order valence-corrected chi connectivity index (χ4v) is 1.61. The number of nitrogens with zero attached hydrogens (tertiary/aromatic N) is 3.